The van der Waals surface area contributed by atoms with Crippen molar-refractivity contribution in [2.24, 2.45) is 0 Å². The van der Waals surface area contributed by atoms with Crippen LogP contribution in [0.5, 0.6) is 0 Å². The molecule has 0 radical (unpaired) electrons. The van der Waals surface area contributed by atoms with Crippen molar-refractivity contribution < 1.29 is 9.90 Å². The molecule has 4 aromatic rings. The predicted molar refractivity (Wildman–Crippen MR) is 132 cm³/mol. The number of fused-ring (bicyclic) bond motifs is 2. The SMILES string of the molecule is C[C@H](Nc1ncnc2sccc12)c1cc2cccc(Cl)c2nc1N1CC[C@@H](NC(=O)CO)C1. The van der Waals surface area contributed by atoms with Crippen molar-refractivity contribution in [3.63, 3.8) is 0 Å². The molecule has 1 amide bonds. The van der Waals surface area contributed by atoms with Gasteiger partial charge in [-0.15, -0.1) is 11.3 Å². The van der Waals surface area contributed by atoms with E-state index in [4.69, 9.17) is 21.7 Å². The summed E-state index contributed by atoms with van der Waals surface area (Å²) in [5.41, 5.74) is 1.76. The van der Waals surface area contributed by atoms with Crippen LogP contribution in [0.4, 0.5) is 11.6 Å². The monoisotopic (exact) mass is 482 g/mol. The van der Waals surface area contributed by atoms with Crippen molar-refractivity contribution >= 4 is 61.6 Å². The fraction of sp³-hybridized carbons (Fsp3) is 0.304. The zero-order chi connectivity index (χ0) is 22.9. The van der Waals surface area contributed by atoms with Crippen LogP contribution in [0.25, 0.3) is 21.1 Å². The van der Waals surface area contributed by atoms with Crippen LogP contribution in [-0.4, -0.2) is 51.7 Å². The number of hydrogen-bond acceptors (Lipinski definition) is 8. The van der Waals surface area contributed by atoms with Crippen LogP contribution in [0.15, 0.2) is 42.0 Å². The lowest BCUT2D eigenvalue weighted by Gasteiger charge is -2.25. The highest BCUT2D eigenvalue weighted by Gasteiger charge is 2.28. The number of thiophene rings is 1. The van der Waals surface area contributed by atoms with Crippen LogP contribution in [0, 0.1) is 0 Å². The molecule has 1 saturated heterocycles. The smallest absolute Gasteiger partial charge is 0.245 e. The van der Waals surface area contributed by atoms with E-state index in [-0.39, 0.29) is 18.0 Å². The normalized spacial score (nSPS) is 16.9. The summed E-state index contributed by atoms with van der Waals surface area (Å²) in [6.07, 6.45) is 2.35. The standard InChI is InChI=1S/C23H23ClN6O2S/c1-13(27-21-16-6-8-33-23(16)26-12-25-21)17-9-14-3-2-4-18(24)20(14)29-22(17)30-7-5-15(10-30)28-19(32)11-31/h2-4,6,8-9,12-13,15,31H,5,7,10-11H2,1H3,(H,28,32)(H,25,26,27)/t13-,15+/m0/s1. The van der Waals surface area contributed by atoms with Crippen LogP contribution in [0.1, 0.15) is 24.9 Å². The fourth-order valence-corrected chi connectivity index (χ4v) is 5.23. The minimum atomic E-state index is -0.511. The van der Waals surface area contributed by atoms with Crippen LogP contribution < -0.4 is 15.5 Å². The molecule has 5 rings (SSSR count). The fourth-order valence-electron chi connectivity index (χ4n) is 4.27. The van der Waals surface area contributed by atoms with Gasteiger partial charge in [0, 0.05) is 30.1 Å². The van der Waals surface area contributed by atoms with E-state index in [1.165, 1.54) is 0 Å². The number of rotatable bonds is 6. The van der Waals surface area contributed by atoms with E-state index in [0.717, 1.165) is 51.3 Å². The zero-order valence-corrected chi connectivity index (χ0v) is 19.5. The topological polar surface area (TPSA) is 103 Å². The van der Waals surface area contributed by atoms with Crippen LogP contribution >= 0.6 is 22.9 Å². The summed E-state index contributed by atoms with van der Waals surface area (Å²) in [4.78, 5) is 28.5. The van der Waals surface area contributed by atoms with E-state index in [1.54, 1.807) is 17.7 Å². The van der Waals surface area contributed by atoms with Gasteiger partial charge in [0.25, 0.3) is 0 Å². The molecule has 0 unspecified atom stereocenters. The van der Waals surface area contributed by atoms with Gasteiger partial charge in [-0.3, -0.25) is 4.79 Å². The Morgan fingerprint density at radius 3 is 3.09 bits per heavy atom. The molecule has 3 aromatic heterocycles. The number of aromatic nitrogens is 3. The zero-order valence-electron chi connectivity index (χ0n) is 18.0. The third kappa shape index (κ3) is 4.31. The Morgan fingerprint density at radius 1 is 1.36 bits per heavy atom. The molecule has 1 aliphatic rings. The van der Waals surface area contributed by atoms with E-state index in [9.17, 15) is 4.79 Å². The molecule has 1 aliphatic heterocycles. The Morgan fingerprint density at radius 2 is 2.24 bits per heavy atom. The van der Waals surface area contributed by atoms with Crippen molar-refractivity contribution in [1.82, 2.24) is 20.3 Å². The van der Waals surface area contributed by atoms with Gasteiger partial charge in [-0.2, -0.15) is 0 Å². The second-order valence-corrected chi connectivity index (χ2v) is 9.40. The minimum Gasteiger partial charge on any atom is -0.387 e. The third-order valence-electron chi connectivity index (χ3n) is 5.88. The Kier molecular flexibility index (Phi) is 6.01. The third-order valence-corrected chi connectivity index (χ3v) is 7.01. The molecular weight excluding hydrogens is 460 g/mol. The molecule has 4 heterocycles. The van der Waals surface area contributed by atoms with Crippen molar-refractivity contribution in [1.29, 1.82) is 0 Å². The van der Waals surface area contributed by atoms with E-state index >= 15 is 0 Å². The summed E-state index contributed by atoms with van der Waals surface area (Å²) < 4.78 is 0. The maximum absolute atomic E-state index is 11.7. The first-order chi connectivity index (χ1) is 16.0. The van der Waals surface area contributed by atoms with Crippen molar-refractivity contribution in [2.75, 3.05) is 29.9 Å². The van der Waals surface area contributed by atoms with Gasteiger partial charge >= 0.3 is 0 Å². The molecule has 0 bridgehead atoms. The minimum absolute atomic E-state index is 0.0446. The van der Waals surface area contributed by atoms with Crippen molar-refractivity contribution in [2.45, 2.75) is 25.4 Å². The van der Waals surface area contributed by atoms with Crippen LogP contribution in [0.3, 0.4) is 0 Å². The highest BCUT2D eigenvalue weighted by atomic mass is 35.5. The number of para-hydroxylation sites is 1. The summed E-state index contributed by atoms with van der Waals surface area (Å²) in [5.74, 6) is 1.24. The molecular formula is C23H23ClN6O2S. The van der Waals surface area contributed by atoms with Gasteiger partial charge in [0.15, 0.2) is 0 Å². The Bertz CT molecular complexity index is 1330. The lowest BCUT2D eigenvalue weighted by molar-refractivity contribution is -0.124. The van der Waals surface area contributed by atoms with E-state index in [2.05, 4.69) is 38.5 Å². The number of carbonyl (C=O) groups excluding carboxylic acids is 1. The van der Waals surface area contributed by atoms with Crippen LogP contribution in [-0.2, 0) is 4.79 Å². The van der Waals surface area contributed by atoms with Gasteiger partial charge in [-0.1, -0.05) is 23.7 Å². The van der Waals surface area contributed by atoms with Gasteiger partial charge in [-0.05, 0) is 36.9 Å². The summed E-state index contributed by atoms with van der Waals surface area (Å²) >= 11 is 8.05. The van der Waals surface area contributed by atoms with E-state index in [0.29, 0.717) is 11.6 Å². The van der Waals surface area contributed by atoms with Gasteiger partial charge in [0.2, 0.25) is 5.91 Å². The first-order valence-electron chi connectivity index (χ1n) is 10.7. The summed E-state index contributed by atoms with van der Waals surface area (Å²) in [6, 6.07) is 9.76. The number of halogens is 1. The number of anilines is 2. The number of amides is 1. The lowest BCUT2D eigenvalue weighted by Crippen LogP contribution is -2.38. The highest BCUT2D eigenvalue weighted by molar-refractivity contribution is 7.16. The number of benzene rings is 1. The van der Waals surface area contributed by atoms with Gasteiger partial charge < -0.3 is 20.6 Å². The van der Waals surface area contributed by atoms with E-state index in [1.807, 2.05) is 29.6 Å². The van der Waals surface area contributed by atoms with Crippen LogP contribution in [0.2, 0.25) is 5.02 Å². The second-order valence-electron chi connectivity index (χ2n) is 8.10. The number of aliphatic hydroxyl groups is 1. The number of hydrogen-bond donors (Lipinski definition) is 3. The maximum atomic E-state index is 11.7. The molecule has 170 valence electrons. The summed E-state index contributed by atoms with van der Waals surface area (Å²) in [6.45, 7) is 2.92. The second kappa shape index (κ2) is 9.09. The lowest BCUT2D eigenvalue weighted by atomic mass is 10.1. The molecule has 0 spiro atoms. The summed E-state index contributed by atoms with van der Waals surface area (Å²) in [7, 11) is 0. The first kappa shape index (κ1) is 21.8. The van der Waals surface area contributed by atoms with Gasteiger partial charge in [-0.25, -0.2) is 15.0 Å². The predicted octanol–water partition coefficient (Wildman–Crippen LogP) is 3.75. The number of nitrogens with one attached hydrogen (secondary N) is 2. The largest absolute Gasteiger partial charge is 0.387 e. The molecule has 10 heteroatoms. The molecule has 1 aromatic carbocycles. The Balaban J connectivity index is 1.51. The maximum Gasteiger partial charge on any atom is 0.245 e. The molecule has 33 heavy (non-hydrogen) atoms. The number of aliphatic hydroxyl groups excluding tert-OH is 1. The average Bonchev–Trinajstić information content (AvgIpc) is 3.48. The molecule has 1 fully saturated rings. The first-order valence-corrected chi connectivity index (χ1v) is 12.0. The quantitative estimate of drug-likeness (QED) is 0.384. The molecule has 3 N–H and O–H groups in total. The molecule has 0 saturated carbocycles. The van der Waals surface area contributed by atoms with Gasteiger partial charge in [0.05, 0.1) is 22.0 Å². The highest BCUT2D eigenvalue weighted by Crippen LogP contribution is 2.35. The Labute approximate surface area is 199 Å². The van der Waals surface area contributed by atoms with Crippen molar-refractivity contribution in [3.05, 3.63) is 52.6 Å². The number of pyridine rings is 1. The Hall–Kier alpha value is -3.01. The number of carbonyl (C=O) groups is 1. The van der Waals surface area contributed by atoms with Crippen molar-refractivity contribution in [3.8, 4) is 0 Å². The van der Waals surface area contributed by atoms with Gasteiger partial charge in [0.1, 0.15) is 29.4 Å². The number of nitrogens with zero attached hydrogens (tertiary/aromatic N) is 4. The van der Waals surface area contributed by atoms with E-state index < -0.39 is 6.61 Å². The molecule has 0 aliphatic carbocycles. The average molecular weight is 483 g/mol. The molecule has 8 nitrogen and oxygen atoms in total. The molecule has 2 atom stereocenters. The summed E-state index contributed by atoms with van der Waals surface area (Å²) in [5, 5.41) is 20.0.